The number of aldehydes is 1. The molecule has 1 fully saturated rings. The summed E-state index contributed by atoms with van der Waals surface area (Å²) >= 11 is 0. The molecule has 1 aliphatic rings. The molecule has 10 heavy (non-hydrogen) atoms. The highest BCUT2D eigenvalue weighted by molar-refractivity contribution is 5.88. The summed E-state index contributed by atoms with van der Waals surface area (Å²) in [4.78, 5) is 20.5. The number of hydrogen-bond acceptors (Lipinski definition) is 2. The molecule has 3 heteroatoms. The number of carbonyl (C=O) groups excluding carboxylic acids is 2. The van der Waals surface area contributed by atoms with Gasteiger partial charge in [-0.3, -0.25) is 4.79 Å². The van der Waals surface area contributed by atoms with Crippen LogP contribution in [-0.4, -0.2) is 18.2 Å². The summed E-state index contributed by atoms with van der Waals surface area (Å²) in [5, 5.41) is 2.75. The van der Waals surface area contributed by atoms with Crippen LogP contribution in [0, 0.1) is 0 Å². The first-order valence-corrected chi connectivity index (χ1v) is 3.56. The van der Waals surface area contributed by atoms with Gasteiger partial charge in [0.05, 0.1) is 6.42 Å². The molecule has 0 radical (unpaired) electrons. The van der Waals surface area contributed by atoms with Crippen molar-refractivity contribution < 1.29 is 9.59 Å². The van der Waals surface area contributed by atoms with Crippen LogP contribution < -0.4 is 5.32 Å². The molecule has 1 N–H and O–H groups in total. The molecule has 0 aromatic heterocycles. The van der Waals surface area contributed by atoms with E-state index in [0.29, 0.717) is 12.3 Å². The Morgan fingerprint density at radius 3 is 2.70 bits per heavy atom. The minimum absolute atomic E-state index is 0.0104. The molecule has 0 unspecified atom stereocenters. The van der Waals surface area contributed by atoms with Crippen LogP contribution in [0.1, 0.15) is 25.7 Å². The third-order valence-corrected chi connectivity index (χ3v) is 1.74. The summed E-state index contributed by atoms with van der Waals surface area (Å²) in [7, 11) is 0. The van der Waals surface area contributed by atoms with Crippen molar-refractivity contribution in [2.24, 2.45) is 0 Å². The topological polar surface area (TPSA) is 46.2 Å². The molecule has 1 amide bonds. The second kappa shape index (κ2) is 3.34. The molecule has 0 bridgehead atoms. The summed E-state index contributed by atoms with van der Waals surface area (Å²) in [5.41, 5.74) is 0. The average Bonchev–Trinajstić information content (AvgIpc) is 1.80. The Labute approximate surface area is 59.8 Å². The Balaban J connectivity index is 2.10. The maximum Gasteiger partial charge on any atom is 0.227 e. The normalized spacial score (nSPS) is 17.6. The van der Waals surface area contributed by atoms with Gasteiger partial charge < -0.3 is 10.1 Å². The van der Waals surface area contributed by atoms with Crippen molar-refractivity contribution in [3.8, 4) is 0 Å². The Hall–Kier alpha value is -0.860. The van der Waals surface area contributed by atoms with Gasteiger partial charge in [-0.25, -0.2) is 0 Å². The molecule has 1 rings (SSSR count). The number of carbonyl (C=O) groups is 2. The van der Waals surface area contributed by atoms with E-state index < -0.39 is 0 Å². The monoisotopic (exact) mass is 141 g/mol. The summed E-state index contributed by atoms with van der Waals surface area (Å²) in [6.07, 6.45) is 3.99. The minimum atomic E-state index is -0.139. The standard InChI is InChI=1S/C7H11NO2/c9-5-4-7(10)8-6-2-1-3-6/h5-6H,1-4H2,(H,8,10). The van der Waals surface area contributed by atoms with Crippen molar-refractivity contribution in [2.75, 3.05) is 0 Å². The molecule has 56 valence electrons. The average molecular weight is 141 g/mol. The van der Waals surface area contributed by atoms with Gasteiger partial charge in [-0.15, -0.1) is 0 Å². The lowest BCUT2D eigenvalue weighted by Gasteiger charge is -2.25. The van der Waals surface area contributed by atoms with Gasteiger partial charge in [0.2, 0.25) is 5.91 Å². The fourth-order valence-corrected chi connectivity index (χ4v) is 0.915. The molecule has 0 aliphatic heterocycles. The highest BCUT2D eigenvalue weighted by atomic mass is 16.2. The molecule has 0 heterocycles. The predicted octanol–water partition coefficient (Wildman–Crippen LogP) is 0.244. The van der Waals surface area contributed by atoms with Gasteiger partial charge in [0, 0.05) is 6.04 Å². The Morgan fingerprint density at radius 2 is 2.30 bits per heavy atom. The molecule has 3 nitrogen and oxygen atoms in total. The molecule has 0 aromatic rings. The molecule has 0 saturated heterocycles. The highest BCUT2D eigenvalue weighted by Gasteiger charge is 2.18. The first kappa shape index (κ1) is 7.25. The number of amides is 1. The van der Waals surface area contributed by atoms with Crippen LogP contribution in [0.25, 0.3) is 0 Å². The van der Waals surface area contributed by atoms with E-state index >= 15 is 0 Å². The summed E-state index contributed by atoms with van der Waals surface area (Å²) in [6.45, 7) is 0. The van der Waals surface area contributed by atoms with Crippen LogP contribution in [0.4, 0.5) is 0 Å². The van der Waals surface area contributed by atoms with Gasteiger partial charge in [0.15, 0.2) is 0 Å². The first-order valence-electron chi connectivity index (χ1n) is 3.56. The van der Waals surface area contributed by atoms with Crippen LogP contribution >= 0.6 is 0 Å². The molecule has 0 aromatic carbocycles. The number of hydrogen-bond donors (Lipinski definition) is 1. The molecule has 1 aliphatic carbocycles. The van der Waals surface area contributed by atoms with Gasteiger partial charge in [-0.1, -0.05) is 0 Å². The van der Waals surface area contributed by atoms with E-state index in [4.69, 9.17) is 0 Å². The maximum atomic E-state index is 10.7. The number of nitrogens with one attached hydrogen (secondary N) is 1. The zero-order valence-electron chi connectivity index (χ0n) is 5.80. The van der Waals surface area contributed by atoms with Gasteiger partial charge >= 0.3 is 0 Å². The van der Waals surface area contributed by atoms with Crippen LogP contribution in [0.2, 0.25) is 0 Å². The van der Waals surface area contributed by atoms with Crippen LogP contribution in [-0.2, 0) is 9.59 Å². The Bertz CT molecular complexity index is 141. The van der Waals surface area contributed by atoms with E-state index in [0.717, 1.165) is 12.8 Å². The third kappa shape index (κ3) is 1.83. The van der Waals surface area contributed by atoms with Crippen molar-refractivity contribution in [2.45, 2.75) is 31.7 Å². The number of rotatable bonds is 3. The van der Waals surface area contributed by atoms with E-state index in [1.54, 1.807) is 0 Å². The first-order chi connectivity index (χ1) is 4.83. The van der Waals surface area contributed by atoms with Crippen molar-refractivity contribution in [3.63, 3.8) is 0 Å². The largest absolute Gasteiger partial charge is 0.353 e. The lowest BCUT2D eigenvalue weighted by atomic mass is 9.93. The fourth-order valence-electron chi connectivity index (χ4n) is 0.915. The highest BCUT2D eigenvalue weighted by Crippen LogP contribution is 2.17. The van der Waals surface area contributed by atoms with E-state index in [2.05, 4.69) is 5.32 Å². The summed E-state index contributed by atoms with van der Waals surface area (Å²) in [6, 6.07) is 0.354. The SMILES string of the molecule is O=CCC(=O)NC1CCC1. The quantitative estimate of drug-likeness (QED) is 0.452. The molecular formula is C7H11NO2. The molecular weight excluding hydrogens is 130 g/mol. The lowest BCUT2D eigenvalue weighted by Crippen LogP contribution is -2.39. The van der Waals surface area contributed by atoms with E-state index in [1.807, 2.05) is 0 Å². The van der Waals surface area contributed by atoms with Gasteiger partial charge in [0.1, 0.15) is 6.29 Å². The Kier molecular flexibility index (Phi) is 2.42. The summed E-state index contributed by atoms with van der Waals surface area (Å²) in [5.74, 6) is -0.139. The van der Waals surface area contributed by atoms with Crippen LogP contribution in [0.3, 0.4) is 0 Å². The second-order valence-corrected chi connectivity index (χ2v) is 2.57. The maximum absolute atomic E-state index is 10.7. The zero-order valence-corrected chi connectivity index (χ0v) is 5.80. The van der Waals surface area contributed by atoms with E-state index in [9.17, 15) is 9.59 Å². The van der Waals surface area contributed by atoms with E-state index in [1.165, 1.54) is 6.42 Å². The minimum Gasteiger partial charge on any atom is -0.353 e. The van der Waals surface area contributed by atoms with Crippen molar-refractivity contribution in [3.05, 3.63) is 0 Å². The summed E-state index contributed by atoms with van der Waals surface area (Å²) < 4.78 is 0. The van der Waals surface area contributed by atoms with E-state index in [-0.39, 0.29) is 12.3 Å². The fraction of sp³-hybridized carbons (Fsp3) is 0.714. The second-order valence-electron chi connectivity index (χ2n) is 2.57. The van der Waals surface area contributed by atoms with Gasteiger partial charge in [-0.2, -0.15) is 0 Å². The van der Waals surface area contributed by atoms with Crippen LogP contribution in [0.5, 0.6) is 0 Å². The third-order valence-electron chi connectivity index (χ3n) is 1.74. The van der Waals surface area contributed by atoms with Gasteiger partial charge in [-0.05, 0) is 19.3 Å². The molecule has 0 atom stereocenters. The predicted molar refractivity (Wildman–Crippen MR) is 36.5 cm³/mol. The molecule has 0 spiro atoms. The van der Waals surface area contributed by atoms with Crippen LogP contribution in [0.15, 0.2) is 0 Å². The Morgan fingerprint density at radius 1 is 1.60 bits per heavy atom. The van der Waals surface area contributed by atoms with Crippen molar-refractivity contribution in [1.29, 1.82) is 0 Å². The zero-order chi connectivity index (χ0) is 7.40. The lowest BCUT2D eigenvalue weighted by molar-refractivity contribution is -0.124. The van der Waals surface area contributed by atoms with Crippen molar-refractivity contribution in [1.82, 2.24) is 5.32 Å². The molecule has 1 saturated carbocycles. The van der Waals surface area contributed by atoms with Gasteiger partial charge in [0.25, 0.3) is 0 Å². The van der Waals surface area contributed by atoms with Crippen molar-refractivity contribution >= 4 is 12.2 Å². The smallest absolute Gasteiger partial charge is 0.227 e.